The lowest BCUT2D eigenvalue weighted by atomic mass is 10.3. The molecule has 0 radical (unpaired) electrons. The number of aliphatic imine (C=N–C) groups is 1. The van der Waals surface area contributed by atoms with Gasteiger partial charge in [-0.1, -0.05) is 0 Å². The summed E-state index contributed by atoms with van der Waals surface area (Å²) in [4.78, 5) is 11.7. The minimum absolute atomic E-state index is 0.0964. The van der Waals surface area contributed by atoms with Gasteiger partial charge in [-0.3, -0.25) is 4.99 Å². The number of nitrogens with zero attached hydrogens (tertiary/aromatic N) is 3. The molecule has 3 rings (SSSR count). The molecule has 0 unspecified atom stereocenters. The van der Waals surface area contributed by atoms with E-state index < -0.39 is 11.9 Å². The van der Waals surface area contributed by atoms with Crippen LogP contribution in [0, 0.1) is 0 Å². The molecular weight excluding hydrogens is 401 g/mol. The number of aromatic nitrogens is 2. The topological polar surface area (TPSA) is 92.7 Å². The highest BCUT2D eigenvalue weighted by molar-refractivity contribution is 5.93. The van der Waals surface area contributed by atoms with Gasteiger partial charge >= 0.3 is 6.18 Å². The van der Waals surface area contributed by atoms with Gasteiger partial charge < -0.3 is 25.4 Å². The Hall–Kier alpha value is -3.24. The second-order valence-electron chi connectivity index (χ2n) is 6.29. The number of hydrogen-bond donors (Lipinski definition) is 3. The molecule has 0 spiro atoms. The summed E-state index contributed by atoms with van der Waals surface area (Å²) in [5.74, 6) is 1.79. The van der Waals surface area contributed by atoms with E-state index in [9.17, 15) is 13.2 Å². The lowest BCUT2D eigenvalue weighted by Crippen LogP contribution is -2.31. The van der Waals surface area contributed by atoms with Crippen molar-refractivity contribution in [3.05, 3.63) is 36.2 Å². The summed E-state index contributed by atoms with van der Waals surface area (Å²) in [6, 6.07) is 6.35. The molecule has 0 bridgehead atoms. The number of benzene rings is 1. The van der Waals surface area contributed by atoms with E-state index in [4.69, 9.17) is 9.47 Å². The quantitative estimate of drug-likeness (QED) is 0.373. The summed E-state index contributed by atoms with van der Waals surface area (Å²) in [6.45, 7) is 4.33. The Morgan fingerprint density at radius 3 is 2.73 bits per heavy atom. The average molecular weight is 424 g/mol. The summed E-state index contributed by atoms with van der Waals surface area (Å²) < 4.78 is 49.4. The molecule has 0 fully saturated rings. The third kappa shape index (κ3) is 6.13. The molecule has 0 aliphatic carbocycles. The van der Waals surface area contributed by atoms with Crippen molar-refractivity contribution in [3.63, 3.8) is 0 Å². The van der Waals surface area contributed by atoms with E-state index >= 15 is 0 Å². The van der Waals surface area contributed by atoms with Gasteiger partial charge in [-0.25, -0.2) is 9.97 Å². The largest absolute Gasteiger partial charge is 0.490 e. The van der Waals surface area contributed by atoms with Crippen molar-refractivity contribution in [1.82, 2.24) is 15.3 Å². The molecular formula is C19H23F3N6O2. The summed E-state index contributed by atoms with van der Waals surface area (Å²) in [7, 11) is 0. The van der Waals surface area contributed by atoms with Crippen molar-refractivity contribution in [2.75, 3.05) is 43.5 Å². The zero-order chi connectivity index (χ0) is 21.4. The Morgan fingerprint density at radius 1 is 1.17 bits per heavy atom. The van der Waals surface area contributed by atoms with Crippen molar-refractivity contribution >= 4 is 17.6 Å². The highest BCUT2D eigenvalue weighted by Crippen LogP contribution is 2.32. The third-order valence-corrected chi connectivity index (χ3v) is 3.97. The highest BCUT2D eigenvalue weighted by atomic mass is 19.4. The summed E-state index contributed by atoms with van der Waals surface area (Å²) in [5, 5.41) is 9.03. The normalized spacial score (nSPS) is 14.1. The number of anilines is 2. The molecule has 1 aliphatic rings. The minimum Gasteiger partial charge on any atom is -0.490 e. The summed E-state index contributed by atoms with van der Waals surface area (Å²) in [6.07, 6.45) is -2.62. The molecule has 30 heavy (non-hydrogen) atoms. The van der Waals surface area contributed by atoms with Crippen molar-refractivity contribution in [2.45, 2.75) is 19.5 Å². The zero-order valence-corrected chi connectivity index (χ0v) is 16.4. The van der Waals surface area contributed by atoms with Crippen molar-refractivity contribution in [2.24, 2.45) is 4.99 Å². The molecule has 1 aromatic heterocycles. The fraction of sp³-hybridized carbons (Fsp3) is 0.421. The first-order valence-electron chi connectivity index (χ1n) is 9.55. The van der Waals surface area contributed by atoms with Crippen LogP contribution in [0.15, 0.2) is 35.5 Å². The number of guanidine groups is 1. The van der Waals surface area contributed by atoms with E-state index in [1.165, 1.54) is 0 Å². The molecule has 0 atom stereocenters. The van der Waals surface area contributed by atoms with E-state index in [2.05, 4.69) is 30.9 Å². The van der Waals surface area contributed by atoms with Gasteiger partial charge in [-0.05, 0) is 25.1 Å². The molecule has 8 nitrogen and oxygen atoms in total. The van der Waals surface area contributed by atoms with Crippen LogP contribution in [0.1, 0.15) is 19.0 Å². The Labute approximate surface area is 171 Å². The maximum Gasteiger partial charge on any atom is 0.433 e. The van der Waals surface area contributed by atoms with Crippen LogP contribution in [0.2, 0.25) is 0 Å². The van der Waals surface area contributed by atoms with Crippen LogP contribution < -0.4 is 25.4 Å². The second kappa shape index (κ2) is 9.99. The van der Waals surface area contributed by atoms with Crippen LogP contribution >= 0.6 is 0 Å². The van der Waals surface area contributed by atoms with Crippen LogP contribution in [-0.4, -0.2) is 48.8 Å². The summed E-state index contributed by atoms with van der Waals surface area (Å²) >= 11 is 0. The lowest BCUT2D eigenvalue weighted by molar-refractivity contribution is -0.141. The van der Waals surface area contributed by atoms with Crippen LogP contribution in [0.25, 0.3) is 0 Å². The number of ether oxygens (including phenoxy) is 2. The van der Waals surface area contributed by atoms with E-state index in [0.29, 0.717) is 43.8 Å². The number of hydrogen-bond acceptors (Lipinski definition) is 6. The fourth-order valence-corrected chi connectivity index (χ4v) is 2.62. The molecule has 0 amide bonds. The van der Waals surface area contributed by atoms with Gasteiger partial charge in [0.25, 0.3) is 0 Å². The first-order chi connectivity index (χ1) is 14.5. The maximum atomic E-state index is 12.7. The molecule has 0 saturated heterocycles. The standard InChI is InChI=1S/C19H23F3N6O2/c1-2-23-17(27-13-4-5-14-15(12-13)30-11-3-10-29-14)25-8-9-26-18-24-7-6-16(28-18)19(20,21)22/h4-7,12H,2-3,8-11H2,1H3,(H2,23,25,27)(H,24,26,28). The molecule has 0 saturated carbocycles. The van der Waals surface area contributed by atoms with E-state index in [1.807, 2.05) is 25.1 Å². The monoisotopic (exact) mass is 424 g/mol. The molecule has 11 heteroatoms. The van der Waals surface area contributed by atoms with Crippen LogP contribution in [0.4, 0.5) is 24.8 Å². The van der Waals surface area contributed by atoms with Crippen LogP contribution in [0.3, 0.4) is 0 Å². The van der Waals surface area contributed by atoms with Gasteiger partial charge in [-0.2, -0.15) is 13.2 Å². The molecule has 1 aromatic carbocycles. The molecule has 162 valence electrons. The summed E-state index contributed by atoms with van der Waals surface area (Å²) in [5.41, 5.74) is -0.221. The van der Waals surface area contributed by atoms with E-state index in [-0.39, 0.29) is 12.5 Å². The number of halogens is 3. The van der Waals surface area contributed by atoms with Gasteiger partial charge in [0, 0.05) is 37.5 Å². The highest BCUT2D eigenvalue weighted by Gasteiger charge is 2.32. The van der Waals surface area contributed by atoms with Gasteiger partial charge in [0.15, 0.2) is 17.5 Å². The Kier molecular flexibility index (Phi) is 7.15. The predicted octanol–water partition coefficient (Wildman–Crippen LogP) is 3.15. The fourth-order valence-electron chi connectivity index (χ4n) is 2.62. The average Bonchev–Trinajstić information content (AvgIpc) is 2.96. The minimum atomic E-state index is -4.51. The first-order valence-corrected chi connectivity index (χ1v) is 9.55. The Bertz CT molecular complexity index is 876. The van der Waals surface area contributed by atoms with Crippen molar-refractivity contribution in [3.8, 4) is 11.5 Å². The zero-order valence-electron chi connectivity index (χ0n) is 16.4. The third-order valence-electron chi connectivity index (χ3n) is 3.97. The molecule has 1 aliphatic heterocycles. The Balaban J connectivity index is 1.58. The second-order valence-corrected chi connectivity index (χ2v) is 6.29. The SMILES string of the molecule is CCNC(=NCCNc1nccc(C(F)(F)F)n1)Nc1ccc2c(c1)OCCCO2. The smallest absolute Gasteiger partial charge is 0.433 e. The number of nitrogens with one attached hydrogen (secondary N) is 3. The Morgan fingerprint density at radius 2 is 1.97 bits per heavy atom. The first kappa shape index (κ1) is 21.5. The number of alkyl halides is 3. The van der Waals surface area contributed by atoms with Crippen molar-refractivity contribution < 1.29 is 22.6 Å². The maximum absolute atomic E-state index is 12.7. The number of rotatable bonds is 6. The van der Waals surface area contributed by atoms with Gasteiger partial charge in [-0.15, -0.1) is 0 Å². The van der Waals surface area contributed by atoms with E-state index in [0.717, 1.165) is 24.4 Å². The molecule has 3 N–H and O–H groups in total. The van der Waals surface area contributed by atoms with Gasteiger partial charge in [0.1, 0.15) is 5.69 Å². The van der Waals surface area contributed by atoms with Crippen LogP contribution in [-0.2, 0) is 6.18 Å². The lowest BCUT2D eigenvalue weighted by Gasteiger charge is -2.14. The van der Waals surface area contributed by atoms with Gasteiger partial charge in [0.05, 0.1) is 19.8 Å². The predicted molar refractivity (Wildman–Crippen MR) is 107 cm³/mol. The molecule has 2 aromatic rings. The number of fused-ring (bicyclic) bond motifs is 1. The van der Waals surface area contributed by atoms with Gasteiger partial charge in [0.2, 0.25) is 5.95 Å². The van der Waals surface area contributed by atoms with Crippen molar-refractivity contribution in [1.29, 1.82) is 0 Å². The van der Waals surface area contributed by atoms with Crippen LogP contribution in [0.5, 0.6) is 11.5 Å². The van der Waals surface area contributed by atoms with E-state index in [1.54, 1.807) is 0 Å². The molecule has 2 heterocycles.